The molecule has 114 valence electrons. The topological polar surface area (TPSA) is 101 Å². The SMILES string of the molecule is NC(=O)NCC1CCCN(C(=O)c2ccc(F)c(N)c2)C1. The zero-order valence-electron chi connectivity index (χ0n) is 11.6. The molecule has 1 fully saturated rings. The van der Waals surface area contributed by atoms with Crippen LogP contribution in [-0.2, 0) is 0 Å². The Morgan fingerprint density at radius 2 is 2.19 bits per heavy atom. The molecule has 0 radical (unpaired) electrons. The lowest BCUT2D eigenvalue weighted by Crippen LogP contribution is -2.44. The van der Waals surface area contributed by atoms with E-state index >= 15 is 0 Å². The van der Waals surface area contributed by atoms with Crippen molar-refractivity contribution in [3.8, 4) is 0 Å². The van der Waals surface area contributed by atoms with Gasteiger partial charge < -0.3 is 21.7 Å². The summed E-state index contributed by atoms with van der Waals surface area (Å²) in [5, 5.41) is 2.56. The van der Waals surface area contributed by atoms with Crippen LogP contribution < -0.4 is 16.8 Å². The maximum atomic E-state index is 13.1. The monoisotopic (exact) mass is 294 g/mol. The fourth-order valence-corrected chi connectivity index (χ4v) is 2.52. The van der Waals surface area contributed by atoms with Crippen LogP contribution in [0.2, 0.25) is 0 Å². The van der Waals surface area contributed by atoms with Gasteiger partial charge in [0.1, 0.15) is 5.82 Å². The Balaban J connectivity index is 2.01. The number of hydrogen-bond acceptors (Lipinski definition) is 3. The first kappa shape index (κ1) is 15.1. The van der Waals surface area contributed by atoms with Crippen LogP contribution in [0, 0.1) is 11.7 Å². The summed E-state index contributed by atoms with van der Waals surface area (Å²) in [4.78, 5) is 24.8. The molecule has 1 unspecified atom stereocenters. The Morgan fingerprint density at radius 3 is 2.86 bits per heavy atom. The third-order valence-electron chi connectivity index (χ3n) is 3.61. The lowest BCUT2D eigenvalue weighted by molar-refractivity contribution is 0.0675. The van der Waals surface area contributed by atoms with E-state index in [2.05, 4.69) is 5.32 Å². The predicted octanol–water partition coefficient (Wildman–Crippen LogP) is 0.928. The van der Waals surface area contributed by atoms with Crippen LogP contribution in [0.1, 0.15) is 23.2 Å². The highest BCUT2D eigenvalue weighted by atomic mass is 19.1. The molecule has 1 heterocycles. The molecular formula is C14H19FN4O2. The highest BCUT2D eigenvalue weighted by Gasteiger charge is 2.24. The number of anilines is 1. The number of nitrogens with one attached hydrogen (secondary N) is 1. The van der Waals surface area contributed by atoms with Gasteiger partial charge in [0.25, 0.3) is 5.91 Å². The van der Waals surface area contributed by atoms with Gasteiger partial charge in [0.15, 0.2) is 0 Å². The first-order valence-corrected chi connectivity index (χ1v) is 6.85. The number of urea groups is 1. The lowest BCUT2D eigenvalue weighted by atomic mass is 9.97. The van der Waals surface area contributed by atoms with E-state index in [1.807, 2.05) is 0 Å². The van der Waals surface area contributed by atoms with Crippen LogP contribution in [0.5, 0.6) is 0 Å². The van der Waals surface area contributed by atoms with E-state index in [0.717, 1.165) is 12.8 Å². The molecule has 2 rings (SSSR count). The van der Waals surface area contributed by atoms with Crippen LogP contribution in [0.15, 0.2) is 18.2 Å². The van der Waals surface area contributed by atoms with Gasteiger partial charge in [-0.05, 0) is 37.0 Å². The first-order chi connectivity index (χ1) is 9.97. The average molecular weight is 294 g/mol. The quantitative estimate of drug-likeness (QED) is 0.723. The molecule has 1 aliphatic heterocycles. The van der Waals surface area contributed by atoms with Crippen LogP contribution in [-0.4, -0.2) is 36.5 Å². The van der Waals surface area contributed by atoms with E-state index < -0.39 is 11.8 Å². The van der Waals surface area contributed by atoms with Crippen molar-refractivity contribution >= 4 is 17.6 Å². The van der Waals surface area contributed by atoms with Crippen molar-refractivity contribution in [1.29, 1.82) is 0 Å². The molecule has 5 N–H and O–H groups in total. The van der Waals surface area contributed by atoms with Gasteiger partial charge in [-0.2, -0.15) is 0 Å². The van der Waals surface area contributed by atoms with Crippen molar-refractivity contribution in [2.45, 2.75) is 12.8 Å². The number of benzene rings is 1. The third-order valence-corrected chi connectivity index (χ3v) is 3.61. The van der Waals surface area contributed by atoms with Gasteiger partial charge in [-0.15, -0.1) is 0 Å². The van der Waals surface area contributed by atoms with Crippen LogP contribution in [0.25, 0.3) is 0 Å². The highest BCUT2D eigenvalue weighted by molar-refractivity contribution is 5.95. The second-order valence-corrected chi connectivity index (χ2v) is 5.24. The van der Waals surface area contributed by atoms with E-state index in [9.17, 15) is 14.0 Å². The molecular weight excluding hydrogens is 275 g/mol. The molecule has 1 aliphatic rings. The van der Waals surface area contributed by atoms with E-state index in [1.54, 1.807) is 4.90 Å². The smallest absolute Gasteiger partial charge is 0.312 e. The number of amides is 3. The van der Waals surface area contributed by atoms with Gasteiger partial charge in [-0.25, -0.2) is 9.18 Å². The van der Waals surface area contributed by atoms with Gasteiger partial charge in [0, 0.05) is 25.2 Å². The number of rotatable bonds is 3. The summed E-state index contributed by atoms with van der Waals surface area (Å²) in [6, 6.07) is 3.41. The standard InChI is InChI=1S/C14H19FN4O2/c15-11-4-3-10(6-12(11)16)13(20)19-5-1-2-9(8-19)7-18-14(17)21/h3-4,6,9H,1-2,5,7-8,16H2,(H3,17,18,21). The summed E-state index contributed by atoms with van der Waals surface area (Å²) in [7, 11) is 0. The minimum atomic E-state index is -0.565. The van der Waals surface area contributed by atoms with Crippen LogP contribution in [0.4, 0.5) is 14.9 Å². The maximum Gasteiger partial charge on any atom is 0.312 e. The second-order valence-electron chi connectivity index (χ2n) is 5.24. The van der Waals surface area contributed by atoms with Gasteiger partial charge in [-0.1, -0.05) is 0 Å². The maximum absolute atomic E-state index is 13.1. The van der Waals surface area contributed by atoms with E-state index in [1.165, 1.54) is 18.2 Å². The van der Waals surface area contributed by atoms with Crippen molar-refractivity contribution < 1.29 is 14.0 Å². The number of carbonyl (C=O) groups excluding carboxylic acids is 2. The number of piperidine rings is 1. The number of primary amides is 1. The number of hydrogen-bond donors (Lipinski definition) is 3. The summed E-state index contributed by atoms with van der Waals surface area (Å²) in [5.41, 5.74) is 10.9. The summed E-state index contributed by atoms with van der Waals surface area (Å²) < 4.78 is 13.1. The number of nitrogens with zero attached hydrogens (tertiary/aromatic N) is 1. The Kier molecular flexibility index (Phi) is 4.62. The molecule has 1 atom stereocenters. The molecule has 1 aromatic rings. The zero-order chi connectivity index (χ0) is 15.4. The molecule has 0 spiro atoms. The molecule has 21 heavy (non-hydrogen) atoms. The van der Waals surface area contributed by atoms with E-state index in [0.29, 0.717) is 25.2 Å². The number of likely N-dealkylation sites (tertiary alicyclic amines) is 1. The van der Waals surface area contributed by atoms with Crippen LogP contribution >= 0.6 is 0 Å². The first-order valence-electron chi connectivity index (χ1n) is 6.85. The normalized spacial score (nSPS) is 18.3. The molecule has 0 bridgehead atoms. The Labute approximate surface area is 122 Å². The summed E-state index contributed by atoms with van der Waals surface area (Å²) in [6.45, 7) is 1.63. The van der Waals surface area contributed by atoms with Gasteiger partial charge in [0.2, 0.25) is 0 Å². The molecule has 6 nitrogen and oxygen atoms in total. The molecule has 0 saturated carbocycles. The number of carbonyl (C=O) groups is 2. The fourth-order valence-electron chi connectivity index (χ4n) is 2.52. The fraction of sp³-hybridized carbons (Fsp3) is 0.429. The van der Waals surface area contributed by atoms with Crippen molar-refractivity contribution in [1.82, 2.24) is 10.2 Å². The largest absolute Gasteiger partial charge is 0.396 e. The zero-order valence-corrected chi connectivity index (χ0v) is 11.6. The minimum Gasteiger partial charge on any atom is -0.396 e. The molecule has 1 aromatic carbocycles. The van der Waals surface area contributed by atoms with Crippen molar-refractivity contribution in [2.24, 2.45) is 11.7 Å². The Hall–Kier alpha value is -2.31. The molecule has 7 heteroatoms. The van der Waals surface area contributed by atoms with E-state index in [-0.39, 0.29) is 17.5 Å². The predicted molar refractivity (Wildman–Crippen MR) is 77.0 cm³/mol. The molecule has 0 aliphatic carbocycles. The minimum absolute atomic E-state index is 0.0372. The molecule has 1 saturated heterocycles. The summed E-state index contributed by atoms with van der Waals surface area (Å²) in [5.74, 6) is -0.535. The van der Waals surface area contributed by atoms with Gasteiger partial charge in [0.05, 0.1) is 5.69 Å². The molecule has 0 aromatic heterocycles. The average Bonchev–Trinajstić information content (AvgIpc) is 2.47. The Morgan fingerprint density at radius 1 is 1.43 bits per heavy atom. The highest BCUT2D eigenvalue weighted by Crippen LogP contribution is 2.20. The number of halogens is 1. The van der Waals surface area contributed by atoms with Crippen molar-refractivity contribution in [3.05, 3.63) is 29.6 Å². The number of nitrogen functional groups attached to an aromatic ring is 1. The third kappa shape index (κ3) is 3.84. The second kappa shape index (κ2) is 6.43. The van der Waals surface area contributed by atoms with Crippen molar-refractivity contribution in [2.75, 3.05) is 25.4 Å². The summed E-state index contributed by atoms with van der Waals surface area (Å²) >= 11 is 0. The number of nitrogens with two attached hydrogens (primary N) is 2. The van der Waals surface area contributed by atoms with E-state index in [4.69, 9.17) is 11.5 Å². The lowest BCUT2D eigenvalue weighted by Gasteiger charge is -2.32. The van der Waals surface area contributed by atoms with Gasteiger partial charge >= 0.3 is 6.03 Å². The van der Waals surface area contributed by atoms with Crippen molar-refractivity contribution in [3.63, 3.8) is 0 Å². The van der Waals surface area contributed by atoms with Gasteiger partial charge in [-0.3, -0.25) is 4.79 Å². The molecule has 3 amide bonds. The Bertz CT molecular complexity index is 550. The van der Waals surface area contributed by atoms with Crippen LogP contribution in [0.3, 0.4) is 0 Å². The summed E-state index contributed by atoms with van der Waals surface area (Å²) in [6.07, 6.45) is 1.78.